The van der Waals surface area contributed by atoms with E-state index in [-0.39, 0.29) is 6.54 Å². The van der Waals surface area contributed by atoms with Gasteiger partial charge < -0.3 is 30.4 Å². The maximum atomic E-state index is 10.7. The lowest BCUT2D eigenvalue weighted by Crippen LogP contribution is -2.26. The van der Waals surface area contributed by atoms with Gasteiger partial charge in [0.25, 0.3) is 5.08 Å². The molecule has 0 rings (SSSR count). The highest BCUT2D eigenvalue weighted by Crippen LogP contribution is 2.68. The molecule has 0 bridgehead atoms. The molecule has 0 atom stereocenters. The Morgan fingerprint density at radius 1 is 1.14 bits per heavy atom. The van der Waals surface area contributed by atoms with Crippen LogP contribution in [0.1, 0.15) is 0 Å². The third-order valence-electron chi connectivity index (χ3n) is 1.33. The Kier molecular flexibility index (Phi) is 4.21. The van der Waals surface area contributed by atoms with Gasteiger partial charge in [0.1, 0.15) is 0 Å². The second kappa shape index (κ2) is 4.22. The number of hydrogen-bond acceptors (Lipinski definition) is 4. The van der Waals surface area contributed by atoms with Crippen molar-refractivity contribution in [3.63, 3.8) is 0 Å². The van der Waals surface area contributed by atoms with Crippen molar-refractivity contribution < 1.29 is 33.8 Å². The van der Waals surface area contributed by atoms with Crippen LogP contribution < -0.4 is 5.73 Å². The van der Waals surface area contributed by atoms with E-state index in [0.717, 1.165) is 6.08 Å². The predicted octanol–water partition coefficient (Wildman–Crippen LogP) is -1.50. The molecule has 0 heterocycles. The van der Waals surface area contributed by atoms with E-state index in [0.29, 0.717) is 6.08 Å². The van der Waals surface area contributed by atoms with Gasteiger partial charge in [-0.05, 0) is 6.08 Å². The van der Waals surface area contributed by atoms with Crippen LogP contribution in [0.3, 0.4) is 0 Å². The van der Waals surface area contributed by atoms with Gasteiger partial charge in [0, 0.05) is 6.54 Å². The molecule has 0 aromatic rings. The van der Waals surface area contributed by atoms with Crippen LogP contribution in [0.5, 0.6) is 0 Å². The van der Waals surface area contributed by atoms with Crippen molar-refractivity contribution in [2.75, 3.05) is 6.54 Å². The van der Waals surface area contributed by atoms with Gasteiger partial charge in [-0.15, -0.1) is 0 Å². The largest absolute Gasteiger partial charge is 0.373 e. The quantitative estimate of drug-likeness (QED) is 0.258. The van der Waals surface area contributed by atoms with Gasteiger partial charge in [-0.1, -0.05) is 6.08 Å². The number of rotatable bonds is 4. The molecule has 0 aromatic heterocycles. The molecule has 0 spiro atoms. The predicted molar refractivity (Wildman–Crippen MR) is 47.2 cm³/mol. The van der Waals surface area contributed by atoms with Crippen LogP contribution in [-0.4, -0.2) is 36.3 Å². The van der Waals surface area contributed by atoms with Crippen molar-refractivity contribution in [2.24, 2.45) is 5.73 Å². The maximum absolute atomic E-state index is 10.7. The van der Waals surface area contributed by atoms with Gasteiger partial charge in [-0.3, -0.25) is 9.13 Å². The normalized spacial score (nSPS) is 15.0. The third kappa shape index (κ3) is 2.73. The molecule has 0 aliphatic heterocycles. The summed E-state index contributed by atoms with van der Waals surface area (Å²) in [4.78, 5) is 34.3. The Hall–Kier alpha value is -0.0400. The first-order valence-electron chi connectivity index (χ1n) is 3.27. The van der Waals surface area contributed by atoms with Gasteiger partial charge in [0.2, 0.25) is 0 Å². The second-order valence-corrected chi connectivity index (χ2v) is 6.31. The van der Waals surface area contributed by atoms with Crippen molar-refractivity contribution in [3.05, 3.63) is 12.2 Å². The van der Waals surface area contributed by atoms with E-state index in [4.69, 9.17) is 30.4 Å². The smallest absolute Gasteiger partial charge is 0.364 e. The molecule has 0 aliphatic rings. The van der Waals surface area contributed by atoms with Crippen molar-refractivity contribution in [1.82, 2.24) is 0 Å². The van der Waals surface area contributed by atoms with Crippen LogP contribution in [0.25, 0.3) is 0 Å². The molecular weight excluding hydrogens is 236 g/mol. The third-order valence-corrected chi connectivity index (χ3v) is 4.91. The lowest BCUT2D eigenvalue weighted by Gasteiger charge is -2.25. The molecular formula is C4H11NO7P2. The Bertz CT molecular complexity index is 292. The van der Waals surface area contributed by atoms with E-state index in [1.165, 1.54) is 0 Å². The van der Waals surface area contributed by atoms with E-state index in [1.807, 2.05) is 0 Å². The van der Waals surface area contributed by atoms with Crippen LogP contribution >= 0.6 is 15.2 Å². The molecule has 0 amide bonds. The van der Waals surface area contributed by atoms with Gasteiger partial charge in [-0.2, -0.15) is 0 Å². The summed E-state index contributed by atoms with van der Waals surface area (Å²) in [6, 6.07) is 0. The van der Waals surface area contributed by atoms with Gasteiger partial charge in [0.15, 0.2) is 0 Å². The second-order valence-electron chi connectivity index (χ2n) is 2.41. The van der Waals surface area contributed by atoms with E-state index < -0.39 is 20.3 Å². The molecule has 14 heavy (non-hydrogen) atoms. The van der Waals surface area contributed by atoms with Crippen molar-refractivity contribution in [3.8, 4) is 0 Å². The molecule has 84 valence electrons. The van der Waals surface area contributed by atoms with Crippen LogP contribution in [0.15, 0.2) is 12.2 Å². The van der Waals surface area contributed by atoms with Crippen molar-refractivity contribution >= 4 is 15.2 Å². The maximum Gasteiger partial charge on any atom is 0.373 e. The summed E-state index contributed by atoms with van der Waals surface area (Å²) in [5.74, 6) is 0. The first-order chi connectivity index (χ1) is 6.06. The number of hydrogen-bond donors (Lipinski definition) is 6. The van der Waals surface area contributed by atoms with Gasteiger partial charge in [-0.25, -0.2) is 0 Å². The van der Waals surface area contributed by atoms with Crippen molar-refractivity contribution in [1.29, 1.82) is 0 Å². The van der Waals surface area contributed by atoms with Crippen LogP contribution in [-0.2, 0) is 9.13 Å². The molecule has 10 heteroatoms. The minimum absolute atomic E-state index is 0.220. The zero-order valence-corrected chi connectivity index (χ0v) is 8.68. The fourth-order valence-corrected chi connectivity index (χ4v) is 2.55. The minimum atomic E-state index is -5.39. The number of aliphatic hydroxyl groups is 1. The average molecular weight is 247 g/mol. The summed E-state index contributed by atoms with van der Waals surface area (Å²) in [5, 5.41) is 5.65. The monoisotopic (exact) mass is 247 g/mol. The first-order valence-corrected chi connectivity index (χ1v) is 6.50. The average Bonchev–Trinajstić information content (AvgIpc) is 1.95. The zero-order valence-electron chi connectivity index (χ0n) is 6.89. The molecule has 0 saturated carbocycles. The highest BCUT2D eigenvalue weighted by atomic mass is 31.2. The molecule has 0 unspecified atom stereocenters. The Labute approximate surface area is 79.4 Å². The van der Waals surface area contributed by atoms with Crippen LogP contribution in [0.2, 0.25) is 0 Å². The molecule has 0 radical (unpaired) electrons. The summed E-state index contributed by atoms with van der Waals surface area (Å²) in [7, 11) is -10.8. The van der Waals surface area contributed by atoms with Gasteiger partial charge >= 0.3 is 15.2 Å². The Morgan fingerprint density at radius 3 is 1.71 bits per heavy atom. The summed E-state index contributed by atoms with van der Waals surface area (Å²) in [5.41, 5.74) is 4.92. The molecule has 0 aromatic carbocycles. The summed E-state index contributed by atoms with van der Waals surface area (Å²) < 4.78 is 21.3. The summed E-state index contributed by atoms with van der Waals surface area (Å²) >= 11 is 0. The Morgan fingerprint density at radius 2 is 1.50 bits per heavy atom. The highest BCUT2D eigenvalue weighted by molar-refractivity contribution is 7.72. The number of nitrogens with two attached hydrogens (primary N) is 1. The molecule has 7 N–H and O–H groups in total. The summed E-state index contributed by atoms with van der Waals surface area (Å²) in [6.07, 6.45) is 1.16. The lowest BCUT2D eigenvalue weighted by molar-refractivity contribution is 0.167. The topological polar surface area (TPSA) is 161 Å². The molecule has 0 fully saturated rings. The van der Waals surface area contributed by atoms with E-state index in [9.17, 15) is 9.13 Å². The standard InChI is InChI=1S/C4H11NO7P2/c5-3-1-2-4(6,13(7,8)9)14(10,11)12/h1-2,6H,3,5H2,(H2,7,8,9)(H2,10,11,12). The van der Waals surface area contributed by atoms with E-state index >= 15 is 0 Å². The van der Waals surface area contributed by atoms with Crippen LogP contribution in [0.4, 0.5) is 0 Å². The Balaban J connectivity index is 5.41. The summed E-state index contributed by atoms with van der Waals surface area (Å²) in [6.45, 7) is -0.220. The van der Waals surface area contributed by atoms with Gasteiger partial charge in [0.05, 0.1) is 0 Å². The zero-order chi connectivity index (χ0) is 11.6. The molecule has 0 aliphatic carbocycles. The SMILES string of the molecule is NCC=CC(O)(P(=O)(O)O)P(=O)(O)O. The fourth-order valence-electron chi connectivity index (χ4n) is 0.590. The molecule has 0 saturated heterocycles. The first kappa shape index (κ1) is 14.0. The fraction of sp³-hybridized carbons (Fsp3) is 0.500. The molecule has 8 nitrogen and oxygen atoms in total. The van der Waals surface area contributed by atoms with E-state index in [1.54, 1.807) is 0 Å². The lowest BCUT2D eigenvalue weighted by atomic mass is 10.5. The van der Waals surface area contributed by atoms with Crippen LogP contribution in [0, 0.1) is 0 Å². The van der Waals surface area contributed by atoms with Crippen molar-refractivity contribution in [2.45, 2.75) is 5.08 Å². The van der Waals surface area contributed by atoms with E-state index in [2.05, 4.69) is 0 Å². The highest BCUT2D eigenvalue weighted by Gasteiger charge is 2.57. The minimum Gasteiger partial charge on any atom is -0.364 e.